The Kier molecular flexibility index (Phi) is 12.9. The molecule has 256 valence electrons. The Morgan fingerprint density at radius 2 is 1.33 bits per heavy atom. The first kappa shape index (κ1) is 35.8. The van der Waals surface area contributed by atoms with Crippen LogP contribution in [0.3, 0.4) is 0 Å². The lowest BCUT2D eigenvalue weighted by Crippen LogP contribution is -2.57. The molecule has 0 saturated carbocycles. The van der Waals surface area contributed by atoms with Crippen LogP contribution in [0.4, 0.5) is 0 Å². The molecular weight excluding hydrogens is 634 g/mol. The van der Waals surface area contributed by atoms with Gasteiger partial charge in [-0.05, 0) is 61.0 Å². The largest absolute Gasteiger partial charge is 0.480 e. The maximum Gasteiger partial charge on any atom is 0.326 e. The second-order valence-electron chi connectivity index (χ2n) is 11.5. The van der Waals surface area contributed by atoms with E-state index in [0.29, 0.717) is 12.2 Å². The molecule has 2 aromatic heterocycles. The average molecular weight is 678 g/mol. The normalized spacial score (nSPS) is 13.7. The Balaban J connectivity index is 1.54. The van der Waals surface area contributed by atoms with E-state index >= 15 is 0 Å². The van der Waals surface area contributed by atoms with Crippen LogP contribution in [0.15, 0.2) is 65.9 Å². The Hall–Kier alpha value is -5.02. The van der Waals surface area contributed by atoms with Gasteiger partial charge in [0.25, 0.3) is 0 Å². The smallest absolute Gasteiger partial charge is 0.326 e. The van der Waals surface area contributed by atoms with Gasteiger partial charge in [0, 0.05) is 47.2 Å². The van der Waals surface area contributed by atoms with Crippen molar-refractivity contribution in [2.45, 2.75) is 56.3 Å². The highest BCUT2D eigenvalue weighted by Gasteiger charge is 2.31. The zero-order valence-electron chi connectivity index (χ0n) is 26.7. The standard InChI is InChI=1S/C33H43N9O5S/c1-48-14-12-27(32(46)47)41-31(45)28(16-20-18-39-25-10-5-3-8-22(20)25)42-30(44)26(11-6-13-37-33(35)36)40-29(43)23(34)15-19-17-38-24-9-4-2-7-21(19)24/h2-5,7-10,17-18,23,26-28,38-39H,6,11-16,34H2,1H3,(H,40,43)(H,41,45)(H,42,44)(H,46,47)(H4,35,36,37). The van der Waals surface area contributed by atoms with Gasteiger partial charge in [0.1, 0.15) is 18.1 Å². The summed E-state index contributed by atoms with van der Waals surface area (Å²) in [5.41, 5.74) is 20.6. The van der Waals surface area contributed by atoms with Crippen LogP contribution in [-0.4, -0.2) is 87.4 Å². The summed E-state index contributed by atoms with van der Waals surface area (Å²) in [7, 11) is 0. The first-order valence-electron chi connectivity index (χ1n) is 15.6. The number of carbonyl (C=O) groups is 4. The second kappa shape index (κ2) is 17.2. The maximum atomic E-state index is 13.9. The van der Waals surface area contributed by atoms with Gasteiger partial charge in [-0.1, -0.05) is 36.4 Å². The monoisotopic (exact) mass is 677 g/mol. The van der Waals surface area contributed by atoms with Crippen LogP contribution in [0.5, 0.6) is 0 Å². The number of aromatic amines is 2. The van der Waals surface area contributed by atoms with Crippen molar-refractivity contribution in [1.29, 1.82) is 0 Å². The number of hydrogen-bond donors (Lipinski definition) is 9. The number of aromatic nitrogens is 2. The van der Waals surface area contributed by atoms with Crippen molar-refractivity contribution in [2.24, 2.45) is 22.2 Å². The average Bonchev–Trinajstić information content (AvgIpc) is 3.67. The summed E-state index contributed by atoms with van der Waals surface area (Å²) in [6, 6.07) is 10.8. The lowest BCUT2D eigenvalue weighted by atomic mass is 10.0. The number of rotatable bonds is 18. The molecule has 2 heterocycles. The maximum absolute atomic E-state index is 13.9. The van der Waals surface area contributed by atoms with E-state index in [1.807, 2.05) is 54.8 Å². The first-order chi connectivity index (χ1) is 23.1. The van der Waals surface area contributed by atoms with Crippen LogP contribution >= 0.6 is 11.8 Å². The lowest BCUT2D eigenvalue weighted by Gasteiger charge is -2.25. The number of para-hydroxylation sites is 2. The number of H-pyrrole nitrogens is 2. The van der Waals surface area contributed by atoms with E-state index in [2.05, 4.69) is 30.9 Å². The molecule has 15 heteroatoms. The van der Waals surface area contributed by atoms with Crippen LogP contribution < -0.4 is 33.2 Å². The summed E-state index contributed by atoms with van der Waals surface area (Å²) < 4.78 is 0. The van der Waals surface area contributed by atoms with E-state index in [-0.39, 0.29) is 38.2 Å². The van der Waals surface area contributed by atoms with Crippen LogP contribution in [0.1, 0.15) is 30.4 Å². The molecule has 0 aliphatic heterocycles. The number of aliphatic carboxylic acids is 1. The number of nitrogens with one attached hydrogen (secondary N) is 5. The zero-order valence-corrected chi connectivity index (χ0v) is 27.5. The van der Waals surface area contributed by atoms with Crippen molar-refractivity contribution in [1.82, 2.24) is 25.9 Å². The summed E-state index contributed by atoms with van der Waals surface area (Å²) in [6.07, 6.45) is 6.35. The molecule has 4 aromatic rings. The van der Waals surface area contributed by atoms with Gasteiger partial charge in [0.05, 0.1) is 6.04 Å². The Morgan fingerprint density at radius 3 is 1.92 bits per heavy atom. The van der Waals surface area contributed by atoms with Crippen molar-refractivity contribution in [3.8, 4) is 0 Å². The number of amides is 3. The van der Waals surface area contributed by atoms with Gasteiger partial charge in [-0.3, -0.25) is 19.4 Å². The number of nitrogens with two attached hydrogens (primary N) is 3. The SMILES string of the molecule is CSCCC(NC(=O)C(Cc1c[nH]c2ccccc12)NC(=O)C(CCCN=C(N)N)NC(=O)C(N)Cc1c[nH]c2ccccc12)C(=O)O. The van der Waals surface area contributed by atoms with E-state index in [4.69, 9.17) is 17.2 Å². The predicted molar refractivity (Wildman–Crippen MR) is 188 cm³/mol. The Morgan fingerprint density at radius 1 is 0.792 bits per heavy atom. The van der Waals surface area contributed by atoms with E-state index in [9.17, 15) is 24.3 Å². The third kappa shape index (κ3) is 9.75. The lowest BCUT2D eigenvalue weighted by molar-refractivity contribution is -0.142. The minimum atomic E-state index is -1.18. The van der Waals surface area contributed by atoms with Crippen molar-refractivity contribution in [2.75, 3.05) is 18.6 Å². The fourth-order valence-corrected chi connectivity index (χ4v) is 5.92. The highest BCUT2D eigenvalue weighted by atomic mass is 32.2. The predicted octanol–water partition coefficient (Wildman–Crippen LogP) is 1.11. The number of thioether (sulfide) groups is 1. The summed E-state index contributed by atoms with van der Waals surface area (Å²) in [4.78, 5) is 63.1. The van der Waals surface area contributed by atoms with Gasteiger partial charge in [0.15, 0.2) is 5.96 Å². The van der Waals surface area contributed by atoms with E-state index < -0.39 is 47.9 Å². The number of carboxylic acids is 1. The number of guanidine groups is 1. The number of benzene rings is 2. The van der Waals surface area contributed by atoms with Gasteiger partial charge in [-0.2, -0.15) is 11.8 Å². The molecule has 12 N–H and O–H groups in total. The second-order valence-corrected chi connectivity index (χ2v) is 12.5. The topological polar surface area (TPSA) is 247 Å². The van der Waals surface area contributed by atoms with Crippen LogP contribution in [0, 0.1) is 0 Å². The quantitative estimate of drug-likeness (QED) is 0.0415. The zero-order chi connectivity index (χ0) is 34.6. The van der Waals surface area contributed by atoms with E-state index in [0.717, 1.165) is 32.9 Å². The number of aliphatic imine (C=N–C) groups is 1. The molecule has 4 atom stereocenters. The molecular formula is C33H43N9O5S. The number of carboxylic acid groups (broad SMARTS) is 1. The molecule has 4 rings (SSSR count). The summed E-state index contributed by atoms with van der Waals surface area (Å²) in [5.74, 6) is -2.62. The van der Waals surface area contributed by atoms with E-state index in [1.54, 1.807) is 12.4 Å². The molecule has 2 aromatic carbocycles. The summed E-state index contributed by atoms with van der Waals surface area (Å²) in [5, 5.41) is 19.7. The number of fused-ring (bicyclic) bond motifs is 2. The molecule has 0 spiro atoms. The van der Waals surface area contributed by atoms with Crippen LogP contribution in [0.2, 0.25) is 0 Å². The van der Waals surface area contributed by atoms with Gasteiger partial charge >= 0.3 is 5.97 Å². The number of nitrogens with zero attached hydrogens (tertiary/aromatic N) is 1. The van der Waals surface area contributed by atoms with Crippen molar-refractivity contribution in [3.63, 3.8) is 0 Å². The minimum absolute atomic E-state index is 0.0607. The number of hydrogen-bond acceptors (Lipinski definition) is 7. The molecule has 0 bridgehead atoms. The minimum Gasteiger partial charge on any atom is -0.480 e. The molecule has 48 heavy (non-hydrogen) atoms. The molecule has 14 nitrogen and oxygen atoms in total. The fourth-order valence-electron chi connectivity index (χ4n) is 5.45. The van der Waals surface area contributed by atoms with Crippen molar-refractivity contribution < 1.29 is 24.3 Å². The Bertz CT molecular complexity index is 1750. The third-order valence-corrected chi connectivity index (χ3v) is 8.63. The summed E-state index contributed by atoms with van der Waals surface area (Å²) >= 11 is 1.46. The molecule has 3 amide bonds. The van der Waals surface area contributed by atoms with Gasteiger partial charge < -0.3 is 48.2 Å². The molecule has 0 aliphatic carbocycles. The Labute approximate surface area is 282 Å². The molecule has 0 fully saturated rings. The highest BCUT2D eigenvalue weighted by Crippen LogP contribution is 2.20. The highest BCUT2D eigenvalue weighted by molar-refractivity contribution is 7.98. The van der Waals surface area contributed by atoms with Gasteiger partial charge in [0.2, 0.25) is 17.7 Å². The summed E-state index contributed by atoms with van der Waals surface area (Å²) in [6.45, 7) is 0.207. The molecule has 0 aliphatic rings. The van der Waals surface area contributed by atoms with Gasteiger partial charge in [-0.25, -0.2) is 4.79 Å². The van der Waals surface area contributed by atoms with Crippen molar-refractivity contribution in [3.05, 3.63) is 72.1 Å². The number of carbonyl (C=O) groups excluding carboxylic acids is 3. The van der Waals surface area contributed by atoms with Crippen molar-refractivity contribution >= 4 is 63.2 Å². The van der Waals surface area contributed by atoms with E-state index in [1.165, 1.54) is 11.8 Å². The molecule has 0 radical (unpaired) electrons. The fraction of sp³-hybridized carbons (Fsp3) is 0.364. The molecule has 4 unspecified atom stereocenters. The van der Waals surface area contributed by atoms with Gasteiger partial charge in [-0.15, -0.1) is 0 Å². The molecule has 0 saturated heterocycles. The third-order valence-electron chi connectivity index (χ3n) is 7.99. The van der Waals surface area contributed by atoms with Crippen LogP contribution in [-0.2, 0) is 32.0 Å². The van der Waals surface area contributed by atoms with Crippen LogP contribution in [0.25, 0.3) is 21.8 Å². The first-order valence-corrected chi connectivity index (χ1v) is 17.0.